The fourth-order valence-electron chi connectivity index (χ4n) is 1.36. The fraction of sp³-hybridized carbons (Fsp3) is 0.455. The van der Waals surface area contributed by atoms with Gasteiger partial charge in [0.05, 0.1) is 17.1 Å². The van der Waals surface area contributed by atoms with Gasteiger partial charge in [-0.05, 0) is 48.6 Å². The second-order valence-electron chi connectivity index (χ2n) is 4.42. The van der Waals surface area contributed by atoms with Gasteiger partial charge in [-0.2, -0.15) is 0 Å². The highest BCUT2D eigenvalue weighted by Gasteiger charge is 2.28. The average Bonchev–Trinajstić information content (AvgIpc) is 2.28. The summed E-state index contributed by atoms with van der Waals surface area (Å²) in [6, 6.07) is 5.05. The summed E-state index contributed by atoms with van der Waals surface area (Å²) >= 11 is 2.04. The Balaban J connectivity index is 3.26. The van der Waals surface area contributed by atoms with Gasteiger partial charge in [-0.3, -0.25) is 10.1 Å². The number of nitro benzene ring substituents is 1. The highest BCUT2D eigenvalue weighted by atomic mass is 127. The molecule has 0 heterocycles. The molecule has 0 aliphatic rings. The zero-order valence-electron chi connectivity index (χ0n) is 9.98. The Morgan fingerprint density at radius 1 is 1.53 bits per heavy atom. The quantitative estimate of drug-likeness (QED) is 0.515. The zero-order valence-corrected chi connectivity index (χ0v) is 12.1. The van der Waals surface area contributed by atoms with Crippen molar-refractivity contribution in [2.75, 3.05) is 18.6 Å². The number of likely N-dealkylation sites (N-methyl/N-ethyl adjacent to an activating group) is 1. The van der Waals surface area contributed by atoms with Crippen LogP contribution in [0.4, 0.5) is 11.4 Å². The molecule has 1 rings (SSSR count). The molecule has 0 fully saturated rings. The van der Waals surface area contributed by atoms with Crippen molar-refractivity contribution in [2.24, 2.45) is 0 Å². The van der Waals surface area contributed by atoms with Gasteiger partial charge in [-0.15, -0.1) is 0 Å². The number of hydrogen-bond acceptors (Lipinski definition) is 4. The van der Waals surface area contributed by atoms with Crippen LogP contribution in [0.3, 0.4) is 0 Å². The van der Waals surface area contributed by atoms with Gasteiger partial charge in [-0.1, -0.05) is 0 Å². The third-order valence-corrected chi connectivity index (χ3v) is 3.46. The topological polar surface area (TPSA) is 66.6 Å². The Hall–Kier alpha value is -0.890. The van der Waals surface area contributed by atoms with Crippen LogP contribution in [0.1, 0.15) is 13.8 Å². The molecule has 94 valence electrons. The molecule has 1 N–H and O–H groups in total. The van der Waals surface area contributed by atoms with E-state index in [4.69, 9.17) is 0 Å². The van der Waals surface area contributed by atoms with Crippen LogP contribution in [-0.4, -0.2) is 29.2 Å². The maximum Gasteiger partial charge on any atom is 0.293 e. The van der Waals surface area contributed by atoms with Crippen LogP contribution < -0.4 is 4.90 Å². The lowest BCUT2D eigenvalue weighted by Gasteiger charge is -2.35. The average molecular weight is 350 g/mol. The van der Waals surface area contributed by atoms with E-state index in [2.05, 4.69) is 0 Å². The minimum atomic E-state index is -0.544. The summed E-state index contributed by atoms with van der Waals surface area (Å²) in [6.45, 7) is 3.58. The maximum atomic E-state index is 11.0. The van der Waals surface area contributed by atoms with Crippen LogP contribution in [0.15, 0.2) is 18.2 Å². The van der Waals surface area contributed by atoms with E-state index in [-0.39, 0.29) is 12.3 Å². The second kappa shape index (κ2) is 5.18. The van der Waals surface area contributed by atoms with Crippen molar-refractivity contribution >= 4 is 34.0 Å². The van der Waals surface area contributed by atoms with E-state index >= 15 is 0 Å². The number of aliphatic hydroxyl groups excluding tert-OH is 1. The molecule has 0 amide bonds. The summed E-state index contributed by atoms with van der Waals surface area (Å²) in [6.07, 6.45) is 0. The number of nitrogens with zero attached hydrogens (tertiary/aromatic N) is 2. The van der Waals surface area contributed by atoms with E-state index in [1.807, 2.05) is 42.5 Å². The van der Waals surface area contributed by atoms with Crippen molar-refractivity contribution in [3.8, 4) is 0 Å². The van der Waals surface area contributed by atoms with Gasteiger partial charge < -0.3 is 10.0 Å². The van der Waals surface area contributed by atoms with Gasteiger partial charge in [0.15, 0.2) is 0 Å². The first-order valence-corrected chi connectivity index (χ1v) is 6.16. The lowest BCUT2D eigenvalue weighted by molar-refractivity contribution is -0.384. The molecule has 6 heteroatoms. The number of halogens is 1. The Morgan fingerprint density at radius 3 is 2.59 bits per heavy atom. The van der Waals surface area contributed by atoms with E-state index < -0.39 is 10.5 Å². The highest BCUT2D eigenvalue weighted by Crippen LogP contribution is 2.32. The molecule has 0 bridgehead atoms. The molecular formula is C11H15IN2O3. The molecular weight excluding hydrogens is 335 g/mol. The summed E-state index contributed by atoms with van der Waals surface area (Å²) in [4.78, 5) is 12.3. The predicted octanol–water partition coefficient (Wildman–Crippen LogP) is 2.41. The Labute approximate surface area is 114 Å². The summed E-state index contributed by atoms with van der Waals surface area (Å²) in [5.41, 5.74) is 0.0211. The third-order valence-electron chi connectivity index (χ3n) is 2.79. The lowest BCUT2D eigenvalue weighted by atomic mass is 10.0. The Kier molecular flexibility index (Phi) is 4.31. The minimum absolute atomic E-state index is 0.0564. The monoisotopic (exact) mass is 350 g/mol. The molecule has 0 spiro atoms. The van der Waals surface area contributed by atoms with Crippen LogP contribution in [0.5, 0.6) is 0 Å². The van der Waals surface area contributed by atoms with Crippen LogP contribution in [0, 0.1) is 13.7 Å². The zero-order chi connectivity index (χ0) is 13.2. The van der Waals surface area contributed by atoms with Gasteiger partial charge in [0.25, 0.3) is 5.69 Å². The molecule has 0 unspecified atom stereocenters. The van der Waals surface area contributed by atoms with Crippen LogP contribution in [0.2, 0.25) is 0 Å². The molecule has 0 aromatic heterocycles. The van der Waals surface area contributed by atoms with E-state index in [9.17, 15) is 15.2 Å². The molecule has 0 saturated carbocycles. The van der Waals surface area contributed by atoms with E-state index in [1.54, 1.807) is 18.0 Å². The fourth-order valence-corrected chi connectivity index (χ4v) is 1.83. The van der Waals surface area contributed by atoms with Crippen molar-refractivity contribution in [3.05, 3.63) is 31.9 Å². The Morgan fingerprint density at radius 2 is 2.12 bits per heavy atom. The van der Waals surface area contributed by atoms with Crippen LogP contribution >= 0.6 is 22.6 Å². The standard InChI is InChI=1S/C11H15IN2O3/c1-11(2,7-15)13(3)9-5-4-8(12)6-10(9)14(16)17/h4-6,15H,7H2,1-3H3. The van der Waals surface area contributed by atoms with E-state index in [0.717, 1.165) is 3.57 Å². The van der Waals surface area contributed by atoms with Crippen molar-refractivity contribution in [2.45, 2.75) is 19.4 Å². The molecule has 0 aliphatic carbocycles. The molecule has 17 heavy (non-hydrogen) atoms. The van der Waals surface area contributed by atoms with Gasteiger partial charge in [0.1, 0.15) is 5.69 Å². The normalized spacial score (nSPS) is 11.4. The van der Waals surface area contributed by atoms with Gasteiger partial charge in [-0.25, -0.2) is 0 Å². The first-order valence-electron chi connectivity index (χ1n) is 5.08. The second-order valence-corrected chi connectivity index (χ2v) is 5.67. The molecule has 5 nitrogen and oxygen atoms in total. The van der Waals surface area contributed by atoms with Crippen LogP contribution in [-0.2, 0) is 0 Å². The largest absolute Gasteiger partial charge is 0.394 e. The summed E-state index contributed by atoms with van der Waals surface area (Å²) in [5, 5.41) is 20.3. The number of rotatable bonds is 4. The number of benzene rings is 1. The van der Waals surface area contributed by atoms with Crippen molar-refractivity contribution < 1.29 is 10.0 Å². The lowest BCUT2D eigenvalue weighted by Crippen LogP contribution is -2.44. The third kappa shape index (κ3) is 3.06. The van der Waals surface area contributed by atoms with Crippen molar-refractivity contribution in [3.63, 3.8) is 0 Å². The maximum absolute atomic E-state index is 11.0. The molecule has 1 aromatic carbocycles. The van der Waals surface area contributed by atoms with Crippen molar-refractivity contribution in [1.82, 2.24) is 0 Å². The number of hydrogen-bond donors (Lipinski definition) is 1. The first kappa shape index (κ1) is 14.2. The highest BCUT2D eigenvalue weighted by molar-refractivity contribution is 14.1. The molecule has 1 aromatic rings. The smallest absolute Gasteiger partial charge is 0.293 e. The van der Waals surface area contributed by atoms with Crippen molar-refractivity contribution in [1.29, 1.82) is 0 Å². The van der Waals surface area contributed by atoms with E-state index in [1.165, 1.54) is 6.07 Å². The SMILES string of the molecule is CN(c1ccc(I)cc1[N+](=O)[O-])C(C)(C)CO. The number of nitro groups is 1. The molecule has 0 aliphatic heterocycles. The molecule has 0 atom stereocenters. The number of aliphatic hydroxyl groups is 1. The number of anilines is 1. The van der Waals surface area contributed by atoms with Crippen LogP contribution in [0.25, 0.3) is 0 Å². The summed E-state index contributed by atoms with van der Waals surface area (Å²) < 4.78 is 0.813. The van der Waals surface area contributed by atoms with Gasteiger partial charge in [0, 0.05) is 16.7 Å². The van der Waals surface area contributed by atoms with E-state index in [0.29, 0.717) is 5.69 Å². The first-order chi connectivity index (χ1) is 7.79. The predicted molar refractivity (Wildman–Crippen MR) is 75.4 cm³/mol. The minimum Gasteiger partial charge on any atom is -0.394 e. The van der Waals surface area contributed by atoms with Gasteiger partial charge >= 0.3 is 0 Å². The van der Waals surface area contributed by atoms with Gasteiger partial charge in [0.2, 0.25) is 0 Å². The molecule has 0 saturated heterocycles. The summed E-state index contributed by atoms with van der Waals surface area (Å²) in [7, 11) is 1.74. The Bertz CT molecular complexity index is 435. The summed E-state index contributed by atoms with van der Waals surface area (Å²) in [5.74, 6) is 0. The molecule has 0 radical (unpaired) electrons.